The summed E-state index contributed by atoms with van der Waals surface area (Å²) in [7, 11) is 0. The van der Waals surface area contributed by atoms with Gasteiger partial charge in [0.15, 0.2) is 0 Å². The SMILES string of the molecule is Cc1ccc(Br)nc1NC(=O)[C@H]1NC[C@@H](C)[C@H]1C. The Kier molecular flexibility index (Phi) is 4.02. The lowest BCUT2D eigenvalue weighted by Gasteiger charge is -2.17. The molecule has 0 spiro atoms. The molecule has 1 amide bonds. The average Bonchev–Trinajstić information content (AvgIpc) is 2.65. The number of hydrogen-bond acceptors (Lipinski definition) is 3. The zero-order valence-corrected chi connectivity index (χ0v) is 12.4. The van der Waals surface area contributed by atoms with Crippen LogP contribution in [-0.2, 0) is 4.79 Å². The topological polar surface area (TPSA) is 54.0 Å². The fraction of sp³-hybridized carbons (Fsp3) is 0.538. The summed E-state index contributed by atoms with van der Waals surface area (Å²) in [6.45, 7) is 7.09. The molecule has 0 radical (unpaired) electrons. The maximum Gasteiger partial charge on any atom is 0.242 e. The summed E-state index contributed by atoms with van der Waals surface area (Å²) < 4.78 is 0.726. The number of nitrogens with zero attached hydrogens (tertiary/aromatic N) is 1. The number of aryl methyl sites for hydroxylation is 1. The number of carbonyl (C=O) groups is 1. The molecule has 2 N–H and O–H groups in total. The van der Waals surface area contributed by atoms with E-state index in [9.17, 15) is 4.79 Å². The van der Waals surface area contributed by atoms with Crippen LogP contribution in [-0.4, -0.2) is 23.5 Å². The second-order valence-electron chi connectivity index (χ2n) is 5.01. The van der Waals surface area contributed by atoms with Crippen molar-refractivity contribution in [1.82, 2.24) is 10.3 Å². The summed E-state index contributed by atoms with van der Waals surface area (Å²) in [5.74, 6) is 1.50. The second kappa shape index (κ2) is 5.36. The van der Waals surface area contributed by atoms with Gasteiger partial charge in [-0.3, -0.25) is 4.79 Å². The van der Waals surface area contributed by atoms with E-state index in [-0.39, 0.29) is 11.9 Å². The van der Waals surface area contributed by atoms with Crippen molar-refractivity contribution in [1.29, 1.82) is 0 Å². The van der Waals surface area contributed by atoms with Gasteiger partial charge in [0.1, 0.15) is 10.4 Å². The lowest BCUT2D eigenvalue weighted by atomic mass is 9.94. The Balaban J connectivity index is 2.10. The Hall–Kier alpha value is -0.940. The molecule has 1 fully saturated rings. The number of hydrogen-bond donors (Lipinski definition) is 2. The fourth-order valence-corrected chi connectivity index (χ4v) is 2.48. The number of rotatable bonds is 2. The van der Waals surface area contributed by atoms with Crippen LogP contribution >= 0.6 is 15.9 Å². The summed E-state index contributed by atoms with van der Waals surface area (Å²) in [6.07, 6.45) is 0. The first-order valence-electron chi connectivity index (χ1n) is 6.16. The molecule has 1 aliphatic heterocycles. The molecule has 18 heavy (non-hydrogen) atoms. The van der Waals surface area contributed by atoms with Crippen LogP contribution in [0, 0.1) is 18.8 Å². The average molecular weight is 312 g/mol. The molecule has 5 heteroatoms. The first-order chi connectivity index (χ1) is 8.49. The Bertz CT molecular complexity index is 464. The van der Waals surface area contributed by atoms with Gasteiger partial charge in [0.25, 0.3) is 0 Å². The Morgan fingerprint density at radius 2 is 2.22 bits per heavy atom. The maximum atomic E-state index is 12.2. The summed E-state index contributed by atoms with van der Waals surface area (Å²) in [5, 5.41) is 6.16. The smallest absolute Gasteiger partial charge is 0.242 e. The molecule has 0 bridgehead atoms. The summed E-state index contributed by atoms with van der Waals surface area (Å²) in [4.78, 5) is 16.5. The van der Waals surface area contributed by atoms with Crippen LogP contribution in [0.3, 0.4) is 0 Å². The quantitative estimate of drug-likeness (QED) is 0.824. The van der Waals surface area contributed by atoms with E-state index in [1.165, 1.54) is 0 Å². The summed E-state index contributed by atoms with van der Waals surface area (Å²) in [6, 6.07) is 3.67. The highest BCUT2D eigenvalue weighted by Gasteiger charge is 2.34. The van der Waals surface area contributed by atoms with Gasteiger partial charge in [-0.1, -0.05) is 19.9 Å². The number of anilines is 1. The Morgan fingerprint density at radius 3 is 2.83 bits per heavy atom. The molecule has 1 saturated heterocycles. The van der Waals surface area contributed by atoms with E-state index in [1.807, 2.05) is 19.1 Å². The van der Waals surface area contributed by atoms with Gasteiger partial charge in [-0.15, -0.1) is 0 Å². The molecule has 0 aliphatic carbocycles. The van der Waals surface area contributed by atoms with Crippen LogP contribution in [0.1, 0.15) is 19.4 Å². The van der Waals surface area contributed by atoms with E-state index < -0.39 is 0 Å². The largest absolute Gasteiger partial charge is 0.309 e. The van der Waals surface area contributed by atoms with Crippen molar-refractivity contribution in [2.75, 3.05) is 11.9 Å². The zero-order valence-electron chi connectivity index (χ0n) is 10.8. The standard InChI is InChI=1S/C13H18BrN3O/c1-7-4-5-10(14)16-12(7)17-13(18)11-9(3)8(2)6-15-11/h4-5,8-9,11,15H,6H2,1-3H3,(H,16,17,18)/t8-,9-,11+/m1/s1. The first kappa shape index (κ1) is 13.5. The molecule has 1 aromatic rings. The minimum Gasteiger partial charge on any atom is -0.309 e. The summed E-state index contributed by atoms with van der Waals surface area (Å²) >= 11 is 3.31. The van der Waals surface area contributed by atoms with Crippen LogP contribution in [0.25, 0.3) is 0 Å². The molecule has 2 heterocycles. The van der Waals surface area contributed by atoms with E-state index >= 15 is 0 Å². The number of amides is 1. The van der Waals surface area contributed by atoms with Gasteiger partial charge in [-0.25, -0.2) is 4.98 Å². The van der Waals surface area contributed by atoms with Crippen molar-refractivity contribution < 1.29 is 4.79 Å². The lowest BCUT2D eigenvalue weighted by Crippen LogP contribution is -2.39. The number of pyridine rings is 1. The van der Waals surface area contributed by atoms with Crippen LogP contribution < -0.4 is 10.6 Å². The van der Waals surface area contributed by atoms with Crippen molar-refractivity contribution in [2.45, 2.75) is 26.8 Å². The molecule has 0 aromatic carbocycles. The molecular weight excluding hydrogens is 294 g/mol. The van der Waals surface area contributed by atoms with Crippen molar-refractivity contribution >= 4 is 27.7 Å². The van der Waals surface area contributed by atoms with Gasteiger partial charge in [0.05, 0.1) is 6.04 Å². The molecule has 3 atom stereocenters. The minimum atomic E-state index is -0.125. The predicted octanol–water partition coefficient (Wildman–Crippen LogP) is 2.34. The predicted molar refractivity (Wildman–Crippen MR) is 75.4 cm³/mol. The van der Waals surface area contributed by atoms with Crippen LogP contribution in [0.4, 0.5) is 5.82 Å². The second-order valence-corrected chi connectivity index (χ2v) is 5.82. The highest BCUT2D eigenvalue weighted by Crippen LogP contribution is 2.23. The van der Waals surface area contributed by atoms with Gasteiger partial charge >= 0.3 is 0 Å². The summed E-state index contributed by atoms with van der Waals surface area (Å²) in [5.41, 5.74) is 0.963. The number of aromatic nitrogens is 1. The molecule has 1 aromatic heterocycles. The molecule has 0 saturated carbocycles. The van der Waals surface area contributed by atoms with E-state index in [0.29, 0.717) is 17.7 Å². The van der Waals surface area contributed by atoms with Gasteiger partial charge in [0, 0.05) is 0 Å². The minimum absolute atomic E-state index is 0.000509. The molecule has 0 unspecified atom stereocenters. The number of halogens is 1. The fourth-order valence-electron chi connectivity index (χ4n) is 2.17. The third-order valence-electron chi connectivity index (χ3n) is 3.67. The molecule has 4 nitrogen and oxygen atoms in total. The Morgan fingerprint density at radius 1 is 1.50 bits per heavy atom. The van der Waals surface area contributed by atoms with Crippen LogP contribution in [0.2, 0.25) is 0 Å². The van der Waals surface area contributed by atoms with E-state index in [4.69, 9.17) is 0 Å². The van der Waals surface area contributed by atoms with Crippen molar-refractivity contribution in [3.05, 3.63) is 22.3 Å². The zero-order chi connectivity index (χ0) is 13.3. The van der Waals surface area contributed by atoms with Crippen molar-refractivity contribution in [3.8, 4) is 0 Å². The molecule has 2 rings (SSSR count). The lowest BCUT2D eigenvalue weighted by molar-refractivity contribution is -0.118. The molecule has 98 valence electrons. The molecular formula is C13H18BrN3O. The highest BCUT2D eigenvalue weighted by atomic mass is 79.9. The van der Waals surface area contributed by atoms with Crippen LogP contribution in [0.5, 0.6) is 0 Å². The third kappa shape index (κ3) is 2.72. The normalized spacial score (nSPS) is 27.2. The monoisotopic (exact) mass is 311 g/mol. The van der Waals surface area contributed by atoms with Gasteiger partial charge in [-0.2, -0.15) is 0 Å². The van der Waals surface area contributed by atoms with Crippen molar-refractivity contribution in [2.24, 2.45) is 11.8 Å². The van der Waals surface area contributed by atoms with E-state index in [2.05, 4.69) is 45.4 Å². The molecule has 1 aliphatic rings. The van der Waals surface area contributed by atoms with Gasteiger partial charge in [0.2, 0.25) is 5.91 Å². The van der Waals surface area contributed by atoms with E-state index in [1.54, 1.807) is 0 Å². The van der Waals surface area contributed by atoms with Crippen LogP contribution in [0.15, 0.2) is 16.7 Å². The maximum absolute atomic E-state index is 12.2. The first-order valence-corrected chi connectivity index (χ1v) is 6.95. The Labute approximate surface area is 116 Å². The van der Waals surface area contributed by atoms with Crippen molar-refractivity contribution in [3.63, 3.8) is 0 Å². The number of carbonyl (C=O) groups excluding carboxylic acids is 1. The van der Waals surface area contributed by atoms with Gasteiger partial charge in [-0.05, 0) is 52.9 Å². The van der Waals surface area contributed by atoms with E-state index in [0.717, 1.165) is 16.7 Å². The highest BCUT2D eigenvalue weighted by molar-refractivity contribution is 9.10. The van der Waals surface area contributed by atoms with Gasteiger partial charge < -0.3 is 10.6 Å². The third-order valence-corrected chi connectivity index (χ3v) is 4.11. The number of nitrogens with one attached hydrogen (secondary N) is 2.